The number of rotatable bonds is 4. The van der Waals surface area contributed by atoms with Crippen LogP contribution in [0.15, 0.2) is 11.6 Å². The van der Waals surface area contributed by atoms with Gasteiger partial charge in [-0.15, -0.1) is 0 Å². The largest absolute Gasteiger partial charge is 0.478 e. The molecule has 0 aromatic carbocycles. The second kappa shape index (κ2) is 4.45. The molecule has 70 valence electrons. The first-order valence-electron chi connectivity index (χ1n) is 4.29. The topological polar surface area (TPSA) is 37.3 Å². The van der Waals surface area contributed by atoms with Crippen LogP contribution in [0.3, 0.4) is 0 Å². The van der Waals surface area contributed by atoms with Gasteiger partial charge in [-0.3, -0.25) is 0 Å². The highest BCUT2D eigenvalue weighted by atomic mass is 28.3. The highest BCUT2D eigenvalue weighted by molar-refractivity contribution is 6.77. The highest BCUT2D eigenvalue weighted by Crippen LogP contribution is 2.16. The van der Waals surface area contributed by atoms with Gasteiger partial charge in [0.2, 0.25) is 0 Å². The Kier molecular flexibility index (Phi) is 4.24. The smallest absolute Gasteiger partial charge is 0.330 e. The lowest BCUT2D eigenvalue weighted by Gasteiger charge is -2.15. The first kappa shape index (κ1) is 11.4. The van der Waals surface area contributed by atoms with Gasteiger partial charge >= 0.3 is 5.97 Å². The molecule has 0 saturated carbocycles. The van der Waals surface area contributed by atoms with Crippen molar-refractivity contribution in [3.05, 3.63) is 11.6 Å². The van der Waals surface area contributed by atoms with Gasteiger partial charge in [0.1, 0.15) is 0 Å². The predicted molar refractivity (Wildman–Crippen MR) is 54.2 cm³/mol. The van der Waals surface area contributed by atoms with Crippen LogP contribution in [0.1, 0.15) is 13.3 Å². The number of hydrogen-bond acceptors (Lipinski definition) is 1. The number of hydrogen-bond donors (Lipinski definition) is 1. The van der Waals surface area contributed by atoms with Crippen molar-refractivity contribution in [3.8, 4) is 0 Å². The SMILES string of the molecule is CCC=C(C[Si](C)(C)C)C(=O)O. The molecule has 0 fully saturated rings. The number of carbonyl (C=O) groups is 1. The number of carboxylic acid groups (broad SMARTS) is 1. The highest BCUT2D eigenvalue weighted by Gasteiger charge is 2.18. The Balaban J connectivity index is 4.36. The van der Waals surface area contributed by atoms with Crippen LogP contribution in [0.25, 0.3) is 0 Å². The van der Waals surface area contributed by atoms with E-state index in [-0.39, 0.29) is 0 Å². The van der Waals surface area contributed by atoms with Crippen LogP contribution >= 0.6 is 0 Å². The van der Waals surface area contributed by atoms with E-state index in [0.29, 0.717) is 5.57 Å². The molecule has 3 heteroatoms. The fourth-order valence-electron chi connectivity index (χ4n) is 1.05. The summed E-state index contributed by atoms with van der Waals surface area (Å²) in [5.41, 5.74) is 0.594. The van der Waals surface area contributed by atoms with E-state index in [1.54, 1.807) is 0 Å². The van der Waals surface area contributed by atoms with Gasteiger partial charge in [0, 0.05) is 13.6 Å². The molecule has 0 aliphatic heterocycles. The Bertz CT molecular complexity index is 189. The Morgan fingerprint density at radius 1 is 1.42 bits per heavy atom. The molecule has 0 heterocycles. The van der Waals surface area contributed by atoms with E-state index in [4.69, 9.17) is 5.11 Å². The van der Waals surface area contributed by atoms with Gasteiger partial charge in [-0.1, -0.05) is 32.6 Å². The molecule has 0 bridgehead atoms. The second-order valence-electron chi connectivity index (χ2n) is 4.18. The minimum Gasteiger partial charge on any atom is -0.478 e. The molecule has 2 nitrogen and oxygen atoms in total. The quantitative estimate of drug-likeness (QED) is 0.541. The van der Waals surface area contributed by atoms with E-state index >= 15 is 0 Å². The van der Waals surface area contributed by atoms with Gasteiger partial charge in [-0.25, -0.2) is 4.79 Å². The van der Waals surface area contributed by atoms with Crippen molar-refractivity contribution in [2.75, 3.05) is 0 Å². The van der Waals surface area contributed by atoms with Crippen molar-refractivity contribution >= 4 is 14.0 Å². The van der Waals surface area contributed by atoms with Crippen molar-refractivity contribution in [1.82, 2.24) is 0 Å². The number of aliphatic carboxylic acids is 1. The third-order valence-electron chi connectivity index (χ3n) is 1.45. The third-order valence-corrected chi connectivity index (χ3v) is 2.89. The van der Waals surface area contributed by atoms with Crippen LogP contribution in [0.5, 0.6) is 0 Å². The molecule has 0 aliphatic carbocycles. The van der Waals surface area contributed by atoms with E-state index in [9.17, 15) is 4.79 Å². The zero-order valence-corrected chi connectivity index (χ0v) is 9.35. The second-order valence-corrected chi connectivity index (χ2v) is 9.66. The fourth-order valence-corrected chi connectivity index (χ4v) is 2.49. The standard InChI is InChI=1S/C9H18O2Si/c1-5-6-8(9(10)11)7-12(2,3)4/h6H,5,7H2,1-4H3,(H,10,11). The maximum atomic E-state index is 10.7. The van der Waals surface area contributed by atoms with Crippen molar-refractivity contribution in [1.29, 1.82) is 0 Å². The number of allylic oxidation sites excluding steroid dienone is 1. The summed E-state index contributed by atoms with van der Waals surface area (Å²) >= 11 is 0. The maximum Gasteiger partial charge on any atom is 0.330 e. The Morgan fingerprint density at radius 2 is 1.92 bits per heavy atom. The van der Waals surface area contributed by atoms with Gasteiger partial charge < -0.3 is 5.11 Å². The predicted octanol–water partition coefficient (Wildman–Crippen LogP) is 2.75. The summed E-state index contributed by atoms with van der Waals surface area (Å²) in [7, 11) is -1.27. The van der Waals surface area contributed by atoms with Gasteiger partial charge in [-0.05, 0) is 12.5 Å². The van der Waals surface area contributed by atoms with E-state index in [0.717, 1.165) is 12.5 Å². The molecule has 0 spiro atoms. The van der Waals surface area contributed by atoms with Crippen molar-refractivity contribution < 1.29 is 9.90 Å². The molecule has 0 amide bonds. The van der Waals surface area contributed by atoms with Crippen molar-refractivity contribution in [3.63, 3.8) is 0 Å². The van der Waals surface area contributed by atoms with Crippen LogP contribution in [0.4, 0.5) is 0 Å². The van der Waals surface area contributed by atoms with Crippen LogP contribution in [-0.4, -0.2) is 19.1 Å². The molecule has 0 saturated heterocycles. The summed E-state index contributed by atoms with van der Waals surface area (Å²) in [6.45, 7) is 8.51. The molecule has 0 rings (SSSR count). The molecule has 12 heavy (non-hydrogen) atoms. The molecule has 0 atom stereocenters. The van der Waals surface area contributed by atoms with E-state index in [1.807, 2.05) is 13.0 Å². The summed E-state index contributed by atoms with van der Waals surface area (Å²) in [5, 5.41) is 8.82. The van der Waals surface area contributed by atoms with E-state index < -0.39 is 14.0 Å². The molecule has 0 unspecified atom stereocenters. The van der Waals surface area contributed by atoms with Gasteiger partial charge in [0.05, 0.1) is 0 Å². The van der Waals surface area contributed by atoms with Crippen molar-refractivity contribution in [2.45, 2.75) is 39.0 Å². The van der Waals surface area contributed by atoms with Crippen LogP contribution in [0, 0.1) is 0 Å². The minimum absolute atomic E-state index is 0.594. The molecule has 0 radical (unpaired) electrons. The lowest BCUT2D eigenvalue weighted by molar-refractivity contribution is -0.132. The minimum atomic E-state index is -1.27. The van der Waals surface area contributed by atoms with Gasteiger partial charge in [0.15, 0.2) is 0 Å². The van der Waals surface area contributed by atoms with Gasteiger partial charge in [-0.2, -0.15) is 0 Å². The lowest BCUT2D eigenvalue weighted by Crippen LogP contribution is -2.22. The zero-order valence-electron chi connectivity index (χ0n) is 8.35. The summed E-state index contributed by atoms with van der Waals surface area (Å²) in [6, 6.07) is 0.774. The summed E-state index contributed by atoms with van der Waals surface area (Å²) in [5.74, 6) is -0.751. The molecular formula is C9H18O2Si. The maximum absolute atomic E-state index is 10.7. The summed E-state index contributed by atoms with van der Waals surface area (Å²) in [6.07, 6.45) is 2.63. The average molecular weight is 186 g/mol. The van der Waals surface area contributed by atoms with Crippen LogP contribution in [0.2, 0.25) is 25.7 Å². The summed E-state index contributed by atoms with van der Waals surface area (Å²) < 4.78 is 0. The van der Waals surface area contributed by atoms with Gasteiger partial charge in [0.25, 0.3) is 0 Å². The van der Waals surface area contributed by atoms with Crippen LogP contribution < -0.4 is 0 Å². The lowest BCUT2D eigenvalue weighted by atomic mass is 10.2. The summed E-state index contributed by atoms with van der Waals surface area (Å²) in [4.78, 5) is 10.7. The first-order chi connectivity index (χ1) is 5.37. The molecule has 0 aliphatic rings. The third kappa shape index (κ3) is 5.13. The normalized spacial score (nSPS) is 13.2. The molecular weight excluding hydrogens is 168 g/mol. The van der Waals surface area contributed by atoms with E-state index in [1.165, 1.54) is 0 Å². The molecule has 0 aromatic heterocycles. The number of carboxylic acids is 1. The van der Waals surface area contributed by atoms with Crippen LogP contribution in [-0.2, 0) is 4.79 Å². The Hall–Kier alpha value is -0.573. The first-order valence-corrected chi connectivity index (χ1v) is 8.00. The average Bonchev–Trinajstić information content (AvgIpc) is 1.83. The molecule has 0 aromatic rings. The van der Waals surface area contributed by atoms with Crippen molar-refractivity contribution in [2.24, 2.45) is 0 Å². The van der Waals surface area contributed by atoms with E-state index in [2.05, 4.69) is 19.6 Å². The Morgan fingerprint density at radius 3 is 2.17 bits per heavy atom. The monoisotopic (exact) mass is 186 g/mol. The zero-order chi connectivity index (χ0) is 9.78. The fraction of sp³-hybridized carbons (Fsp3) is 0.667. The molecule has 1 N–H and O–H groups in total. The Labute approximate surface area is 75.3 Å².